The van der Waals surface area contributed by atoms with Gasteiger partial charge in [-0.3, -0.25) is 14.9 Å². The highest BCUT2D eigenvalue weighted by Gasteiger charge is 2.06. The van der Waals surface area contributed by atoms with Crippen molar-refractivity contribution in [3.63, 3.8) is 0 Å². The molecule has 5 nitrogen and oxygen atoms in total. The number of carbonyl (C=O) groups excluding carboxylic acids is 1. The largest absolute Gasteiger partial charge is 0.326 e. The fourth-order valence-electron chi connectivity index (χ4n) is 3.34. The molecule has 2 aromatic carbocycles. The lowest BCUT2D eigenvalue weighted by molar-refractivity contribution is -0.384. The minimum atomic E-state index is -0.407. The molecule has 0 unspecified atom stereocenters. The molecule has 1 N–H and O–H groups in total. The van der Waals surface area contributed by atoms with Gasteiger partial charge in [-0.15, -0.1) is 0 Å². The molecule has 0 spiro atoms. The molecule has 0 atom stereocenters. The Balaban J connectivity index is 1.67. The molecule has 0 radical (unpaired) electrons. The predicted octanol–water partition coefficient (Wildman–Crippen LogP) is 7.12. The van der Waals surface area contributed by atoms with Gasteiger partial charge in [0.25, 0.3) is 5.69 Å². The van der Waals surface area contributed by atoms with Crippen molar-refractivity contribution in [2.24, 2.45) is 0 Å². The van der Waals surface area contributed by atoms with Crippen molar-refractivity contribution < 1.29 is 9.72 Å². The summed E-state index contributed by atoms with van der Waals surface area (Å²) in [5, 5.41) is 13.7. The zero-order valence-electron chi connectivity index (χ0n) is 17.4. The van der Waals surface area contributed by atoms with Crippen molar-refractivity contribution in [3.8, 4) is 11.1 Å². The summed E-state index contributed by atoms with van der Waals surface area (Å²) < 4.78 is 0. The number of nitro groups is 1. The zero-order valence-corrected chi connectivity index (χ0v) is 17.4. The van der Waals surface area contributed by atoms with Crippen LogP contribution in [-0.2, 0) is 4.79 Å². The first-order chi connectivity index (χ1) is 14.1. The molecule has 0 aliphatic rings. The van der Waals surface area contributed by atoms with Crippen LogP contribution in [0.1, 0.15) is 71.1 Å². The van der Waals surface area contributed by atoms with E-state index in [1.807, 2.05) is 24.3 Å². The second kappa shape index (κ2) is 12.7. The van der Waals surface area contributed by atoms with Crippen molar-refractivity contribution in [3.05, 3.63) is 58.6 Å². The molecule has 0 aliphatic carbocycles. The van der Waals surface area contributed by atoms with Crippen molar-refractivity contribution in [2.45, 2.75) is 71.1 Å². The maximum atomic E-state index is 12.1. The van der Waals surface area contributed by atoms with Crippen LogP contribution in [0.15, 0.2) is 48.5 Å². The summed E-state index contributed by atoms with van der Waals surface area (Å²) in [6.45, 7) is 2.23. The highest BCUT2D eigenvalue weighted by atomic mass is 16.6. The van der Waals surface area contributed by atoms with Crippen LogP contribution in [0, 0.1) is 10.1 Å². The van der Waals surface area contributed by atoms with E-state index in [2.05, 4.69) is 12.2 Å². The predicted molar refractivity (Wildman–Crippen MR) is 119 cm³/mol. The van der Waals surface area contributed by atoms with Gasteiger partial charge in [0.05, 0.1) is 4.92 Å². The van der Waals surface area contributed by atoms with E-state index >= 15 is 0 Å². The summed E-state index contributed by atoms with van der Waals surface area (Å²) in [6, 6.07) is 14.0. The van der Waals surface area contributed by atoms with Crippen molar-refractivity contribution in [2.75, 3.05) is 5.32 Å². The average Bonchev–Trinajstić information content (AvgIpc) is 2.73. The summed E-state index contributed by atoms with van der Waals surface area (Å²) in [4.78, 5) is 22.4. The first-order valence-corrected chi connectivity index (χ1v) is 10.7. The molecular formula is C24H32N2O3. The fraction of sp³-hybridized carbons (Fsp3) is 0.458. The number of nitrogens with zero attached hydrogens (tertiary/aromatic N) is 1. The normalized spacial score (nSPS) is 10.7. The number of non-ortho nitro benzene ring substituents is 1. The van der Waals surface area contributed by atoms with Gasteiger partial charge < -0.3 is 5.32 Å². The lowest BCUT2D eigenvalue weighted by atomic mass is 10.0. The number of carbonyl (C=O) groups is 1. The Morgan fingerprint density at radius 1 is 0.793 bits per heavy atom. The average molecular weight is 397 g/mol. The number of unbranched alkanes of at least 4 members (excludes halogenated alkanes) is 8. The highest BCUT2D eigenvalue weighted by molar-refractivity contribution is 5.90. The lowest BCUT2D eigenvalue weighted by Crippen LogP contribution is -2.10. The third kappa shape index (κ3) is 8.46. The minimum absolute atomic E-state index is 0.0519. The Kier molecular flexibility index (Phi) is 9.90. The van der Waals surface area contributed by atoms with E-state index in [4.69, 9.17) is 0 Å². The third-order valence-corrected chi connectivity index (χ3v) is 5.09. The number of amides is 1. The number of rotatable bonds is 13. The first kappa shape index (κ1) is 22.6. The molecule has 156 valence electrons. The summed E-state index contributed by atoms with van der Waals surface area (Å²) in [5.41, 5.74) is 2.71. The Morgan fingerprint density at radius 3 is 1.79 bits per heavy atom. The molecule has 0 bridgehead atoms. The van der Waals surface area contributed by atoms with Crippen LogP contribution in [-0.4, -0.2) is 10.8 Å². The van der Waals surface area contributed by atoms with Gasteiger partial charge in [-0.25, -0.2) is 0 Å². The van der Waals surface area contributed by atoms with Crippen molar-refractivity contribution >= 4 is 17.3 Å². The third-order valence-electron chi connectivity index (χ3n) is 5.09. The number of nitro benzene ring substituents is 1. The lowest BCUT2D eigenvalue weighted by Gasteiger charge is -2.07. The quantitative estimate of drug-likeness (QED) is 0.222. The van der Waals surface area contributed by atoms with Gasteiger partial charge in [-0.05, 0) is 41.8 Å². The number of hydrogen-bond acceptors (Lipinski definition) is 3. The van der Waals surface area contributed by atoms with E-state index in [-0.39, 0.29) is 11.6 Å². The number of anilines is 1. The first-order valence-electron chi connectivity index (χ1n) is 10.7. The van der Waals surface area contributed by atoms with Gasteiger partial charge in [0.15, 0.2) is 0 Å². The van der Waals surface area contributed by atoms with Crippen molar-refractivity contribution in [1.29, 1.82) is 0 Å². The fourth-order valence-corrected chi connectivity index (χ4v) is 3.34. The Hall–Kier alpha value is -2.69. The van der Waals surface area contributed by atoms with Gasteiger partial charge in [0.2, 0.25) is 5.91 Å². The molecule has 0 saturated carbocycles. The Labute approximate surface area is 173 Å². The van der Waals surface area contributed by atoms with E-state index in [1.165, 1.54) is 57.1 Å². The van der Waals surface area contributed by atoms with Gasteiger partial charge >= 0.3 is 0 Å². The molecule has 0 fully saturated rings. The van der Waals surface area contributed by atoms with E-state index in [0.29, 0.717) is 6.42 Å². The van der Waals surface area contributed by atoms with E-state index in [9.17, 15) is 14.9 Å². The second-order valence-electron chi connectivity index (χ2n) is 7.51. The molecular weight excluding hydrogens is 364 g/mol. The minimum Gasteiger partial charge on any atom is -0.326 e. The molecule has 2 aromatic rings. The number of hydrogen-bond donors (Lipinski definition) is 1. The summed E-state index contributed by atoms with van der Waals surface area (Å²) in [7, 11) is 0. The van der Waals surface area contributed by atoms with Crippen LogP contribution in [0.4, 0.5) is 11.4 Å². The smallest absolute Gasteiger partial charge is 0.269 e. The molecule has 0 heterocycles. The highest BCUT2D eigenvalue weighted by Crippen LogP contribution is 2.24. The van der Waals surface area contributed by atoms with Crippen LogP contribution in [0.25, 0.3) is 11.1 Å². The van der Waals surface area contributed by atoms with Gasteiger partial charge in [0, 0.05) is 24.2 Å². The van der Waals surface area contributed by atoms with Crippen LogP contribution in [0.5, 0.6) is 0 Å². The molecule has 0 aromatic heterocycles. The van der Waals surface area contributed by atoms with E-state index < -0.39 is 4.92 Å². The van der Waals surface area contributed by atoms with Crippen molar-refractivity contribution in [1.82, 2.24) is 0 Å². The Bertz CT molecular complexity index is 755. The van der Waals surface area contributed by atoms with Crippen LogP contribution >= 0.6 is 0 Å². The van der Waals surface area contributed by atoms with Crippen LogP contribution in [0.2, 0.25) is 0 Å². The summed E-state index contributed by atoms with van der Waals surface area (Å²) in [5.74, 6) is 0.0519. The summed E-state index contributed by atoms with van der Waals surface area (Å²) >= 11 is 0. The van der Waals surface area contributed by atoms with Gasteiger partial charge in [-0.1, -0.05) is 70.4 Å². The second-order valence-corrected chi connectivity index (χ2v) is 7.51. The van der Waals surface area contributed by atoms with Crippen LogP contribution in [0.3, 0.4) is 0 Å². The number of nitrogens with one attached hydrogen (secondary N) is 1. The Morgan fingerprint density at radius 2 is 1.28 bits per heavy atom. The summed E-state index contributed by atoms with van der Waals surface area (Å²) in [6.07, 6.45) is 11.7. The van der Waals surface area contributed by atoms with E-state index in [1.54, 1.807) is 12.1 Å². The molecule has 29 heavy (non-hydrogen) atoms. The van der Waals surface area contributed by atoms with Gasteiger partial charge in [0.1, 0.15) is 0 Å². The molecule has 1 amide bonds. The number of benzene rings is 2. The van der Waals surface area contributed by atoms with E-state index in [0.717, 1.165) is 29.7 Å². The molecule has 0 aliphatic heterocycles. The molecule has 5 heteroatoms. The van der Waals surface area contributed by atoms with Crippen LogP contribution < -0.4 is 5.32 Å². The zero-order chi connectivity index (χ0) is 20.9. The van der Waals surface area contributed by atoms with Gasteiger partial charge in [-0.2, -0.15) is 0 Å². The topological polar surface area (TPSA) is 72.2 Å². The monoisotopic (exact) mass is 396 g/mol. The standard InChI is InChI=1S/C24H32N2O3/c1-2-3-4-5-6-7-8-9-10-11-24(27)25-22-16-12-20(13-17-22)21-14-18-23(19-15-21)26(28)29/h12-19H,2-11H2,1H3,(H,25,27). The molecule has 2 rings (SSSR count). The maximum absolute atomic E-state index is 12.1. The maximum Gasteiger partial charge on any atom is 0.269 e. The SMILES string of the molecule is CCCCCCCCCCCC(=O)Nc1ccc(-c2ccc([N+](=O)[O-])cc2)cc1. The molecule has 0 saturated heterocycles.